The molecule has 0 fully saturated rings. The molecule has 0 spiro atoms. The summed E-state index contributed by atoms with van der Waals surface area (Å²) in [5.41, 5.74) is 0. The Bertz CT molecular complexity index is 309. The molecule has 0 aromatic rings. The predicted molar refractivity (Wildman–Crippen MR) is 121 cm³/mol. The van der Waals surface area contributed by atoms with Crippen molar-refractivity contribution >= 4 is 12.6 Å². The van der Waals surface area contributed by atoms with Crippen molar-refractivity contribution in [2.24, 2.45) is 0 Å². The van der Waals surface area contributed by atoms with E-state index in [1.54, 1.807) is 12.3 Å². The summed E-state index contributed by atoms with van der Waals surface area (Å²) in [6, 6.07) is 0. The summed E-state index contributed by atoms with van der Waals surface area (Å²) >= 11 is 0. The first-order chi connectivity index (χ1) is 10.7. The standard InChI is InChI=1S/C21H50P2/c1-9-14-16-17-18-19-21-23(11-3,12-4,13-5)22(6,7,8)20-15-10-2/h9-21H2,1-8H3. The maximum atomic E-state index is 2.78. The van der Waals surface area contributed by atoms with Crippen molar-refractivity contribution in [3.63, 3.8) is 0 Å². The van der Waals surface area contributed by atoms with Gasteiger partial charge < -0.3 is 0 Å². The third-order valence-electron chi connectivity index (χ3n) is 7.90. The van der Waals surface area contributed by atoms with Gasteiger partial charge in [0.1, 0.15) is 0 Å². The molecule has 0 aromatic heterocycles. The number of hydrogen-bond donors (Lipinski definition) is 0. The fourth-order valence-corrected chi connectivity index (χ4v) is 28.8. The van der Waals surface area contributed by atoms with Crippen LogP contribution in [0.4, 0.5) is 0 Å². The molecule has 23 heavy (non-hydrogen) atoms. The van der Waals surface area contributed by atoms with Crippen LogP contribution in [0.5, 0.6) is 0 Å². The molecule has 0 aliphatic carbocycles. The molecule has 0 aliphatic heterocycles. The summed E-state index contributed by atoms with van der Waals surface area (Å²) in [5, 5.41) is 0. The Morgan fingerprint density at radius 3 is 1.35 bits per heavy atom. The van der Waals surface area contributed by atoms with Crippen LogP contribution in [-0.2, 0) is 0 Å². The van der Waals surface area contributed by atoms with Gasteiger partial charge in [0.05, 0.1) is 0 Å². The molecule has 2 heteroatoms. The van der Waals surface area contributed by atoms with E-state index in [0.717, 1.165) is 0 Å². The van der Waals surface area contributed by atoms with Crippen LogP contribution < -0.4 is 0 Å². The average molecular weight is 365 g/mol. The normalized spacial score (nSPS) is 16.5. The van der Waals surface area contributed by atoms with E-state index in [1.165, 1.54) is 69.9 Å². The minimum absolute atomic E-state index is 1.37. The van der Waals surface area contributed by atoms with E-state index in [4.69, 9.17) is 0 Å². The molecule has 0 rings (SSSR count). The molecule has 0 nitrogen and oxygen atoms in total. The van der Waals surface area contributed by atoms with E-state index in [2.05, 4.69) is 54.6 Å². The molecule has 0 saturated carbocycles. The Morgan fingerprint density at radius 1 is 0.478 bits per heavy atom. The van der Waals surface area contributed by atoms with Crippen LogP contribution in [0.3, 0.4) is 0 Å². The molecule has 0 aliphatic rings. The first-order valence-electron chi connectivity index (χ1n) is 10.7. The van der Waals surface area contributed by atoms with Crippen molar-refractivity contribution in [3.8, 4) is 0 Å². The molecule has 0 heterocycles. The summed E-state index contributed by atoms with van der Waals surface area (Å²) in [6.07, 6.45) is 16.1. The minimum atomic E-state index is -1.59. The molecule has 0 bridgehead atoms. The van der Waals surface area contributed by atoms with Crippen LogP contribution >= 0.6 is 12.6 Å². The summed E-state index contributed by atoms with van der Waals surface area (Å²) in [7, 11) is 0. The molecule has 144 valence electrons. The second-order valence-electron chi connectivity index (χ2n) is 9.46. The Morgan fingerprint density at radius 2 is 0.913 bits per heavy atom. The Hall–Kier alpha value is 0.860. The quantitative estimate of drug-likeness (QED) is 0.216. The van der Waals surface area contributed by atoms with Crippen molar-refractivity contribution in [1.29, 1.82) is 0 Å². The van der Waals surface area contributed by atoms with Crippen molar-refractivity contribution < 1.29 is 0 Å². The molecular weight excluding hydrogens is 314 g/mol. The predicted octanol–water partition coefficient (Wildman–Crippen LogP) is 8.12. The van der Waals surface area contributed by atoms with Gasteiger partial charge in [-0.3, -0.25) is 0 Å². The number of unbranched alkanes of at least 4 members (excludes halogenated alkanes) is 6. The fourth-order valence-electron chi connectivity index (χ4n) is 5.37. The van der Waals surface area contributed by atoms with Gasteiger partial charge in [0, 0.05) is 0 Å². The van der Waals surface area contributed by atoms with Gasteiger partial charge >= 0.3 is 149 Å². The van der Waals surface area contributed by atoms with Gasteiger partial charge in [-0.05, 0) is 0 Å². The van der Waals surface area contributed by atoms with E-state index >= 15 is 0 Å². The molecule has 0 radical (unpaired) electrons. The maximum absolute atomic E-state index is 2.78. The monoisotopic (exact) mass is 364 g/mol. The van der Waals surface area contributed by atoms with Crippen LogP contribution in [0.25, 0.3) is 0 Å². The van der Waals surface area contributed by atoms with E-state index in [1.807, 2.05) is 0 Å². The van der Waals surface area contributed by atoms with Gasteiger partial charge in [-0.25, -0.2) is 0 Å². The third-order valence-corrected chi connectivity index (χ3v) is 36.6. The van der Waals surface area contributed by atoms with Crippen molar-refractivity contribution in [3.05, 3.63) is 0 Å². The van der Waals surface area contributed by atoms with Gasteiger partial charge in [0.15, 0.2) is 0 Å². The van der Waals surface area contributed by atoms with Gasteiger partial charge in [-0.1, -0.05) is 0 Å². The molecule has 0 atom stereocenters. The van der Waals surface area contributed by atoms with E-state index < -0.39 is 12.6 Å². The molecule has 0 aromatic carbocycles. The van der Waals surface area contributed by atoms with Crippen LogP contribution in [0.1, 0.15) is 86.0 Å². The van der Waals surface area contributed by atoms with Crippen LogP contribution in [-0.4, -0.2) is 50.8 Å². The summed E-state index contributed by atoms with van der Waals surface area (Å²) < 4.78 is 0. The van der Waals surface area contributed by atoms with Gasteiger partial charge in [0.2, 0.25) is 0 Å². The Labute approximate surface area is 149 Å². The second kappa shape index (κ2) is 9.53. The van der Waals surface area contributed by atoms with Gasteiger partial charge in [0.25, 0.3) is 0 Å². The Balaban J connectivity index is 5.27. The van der Waals surface area contributed by atoms with Gasteiger partial charge in [-0.2, -0.15) is 0 Å². The summed E-state index contributed by atoms with van der Waals surface area (Å²) in [5.74, 6) is 0. The second-order valence-corrected chi connectivity index (χ2v) is 30.0. The van der Waals surface area contributed by atoms with Gasteiger partial charge in [-0.15, -0.1) is 0 Å². The zero-order chi connectivity index (χ0) is 18.1. The van der Waals surface area contributed by atoms with Crippen LogP contribution in [0.15, 0.2) is 0 Å². The van der Waals surface area contributed by atoms with E-state index in [-0.39, 0.29) is 0 Å². The zero-order valence-electron chi connectivity index (χ0n) is 18.1. The Kier molecular flexibility index (Phi) is 9.88. The molecule has 0 saturated heterocycles. The molecular formula is C21H50P2. The summed E-state index contributed by atoms with van der Waals surface area (Å²) in [4.78, 5) is 0. The van der Waals surface area contributed by atoms with Crippen molar-refractivity contribution in [1.82, 2.24) is 0 Å². The topological polar surface area (TPSA) is 0 Å². The zero-order valence-corrected chi connectivity index (χ0v) is 19.9. The molecule has 0 N–H and O–H groups in total. The summed E-state index contributed by atoms with van der Waals surface area (Å²) in [6.45, 7) is 20.7. The van der Waals surface area contributed by atoms with E-state index in [0.29, 0.717) is 0 Å². The third kappa shape index (κ3) is 4.94. The fraction of sp³-hybridized carbons (Fsp3) is 1.00. The molecule has 0 unspecified atom stereocenters. The first kappa shape index (κ1) is 23.9. The SMILES string of the molecule is CCCCCCCCP(CC)(CC)(CC)P(C)(C)(C)CCCC. The average Bonchev–Trinajstić information content (AvgIpc) is 2.53. The number of hydrogen-bond acceptors (Lipinski definition) is 0. The van der Waals surface area contributed by atoms with Crippen molar-refractivity contribution in [2.45, 2.75) is 86.0 Å². The van der Waals surface area contributed by atoms with Crippen molar-refractivity contribution in [2.75, 3.05) is 50.8 Å². The molecule has 0 amide bonds. The van der Waals surface area contributed by atoms with Crippen LogP contribution in [0, 0.1) is 0 Å². The number of rotatable bonds is 14. The first-order valence-corrected chi connectivity index (χ1v) is 18.1. The van der Waals surface area contributed by atoms with Crippen LogP contribution in [0.2, 0.25) is 0 Å². The van der Waals surface area contributed by atoms with E-state index in [9.17, 15) is 0 Å².